The molecule has 0 spiro atoms. The Morgan fingerprint density at radius 3 is 2.05 bits per heavy atom. The molecule has 8 heteroatoms. The number of aliphatic hydroxyl groups excluding tert-OH is 1. The molecule has 0 amide bonds. The molecule has 1 aliphatic rings. The Kier molecular flexibility index (Phi) is 8.97. The SMILES string of the molecule is C=C[C]1OC(O)[C@H](OCOC)[C@@H](OCOC)[C@@H]1OCOC. The highest BCUT2D eigenvalue weighted by atomic mass is 16.7. The molecule has 0 aromatic carbocycles. The lowest BCUT2D eigenvalue weighted by molar-refractivity contribution is -0.299. The highest BCUT2D eigenvalue weighted by Gasteiger charge is 2.47. The molecule has 0 aromatic heterocycles. The predicted molar refractivity (Wildman–Crippen MR) is 70.8 cm³/mol. The highest BCUT2D eigenvalue weighted by Crippen LogP contribution is 2.31. The summed E-state index contributed by atoms with van der Waals surface area (Å²) in [6.07, 6.45) is -1.60. The fraction of sp³-hybridized carbons (Fsp3) is 0.769. The Balaban J connectivity index is 2.85. The quantitative estimate of drug-likeness (QED) is 0.566. The van der Waals surface area contributed by atoms with Crippen molar-refractivity contribution in [1.29, 1.82) is 0 Å². The maximum absolute atomic E-state index is 10.0. The van der Waals surface area contributed by atoms with E-state index < -0.39 is 24.6 Å². The molecule has 0 saturated carbocycles. The minimum atomic E-state index is -1.24. The standard InChI is InChI=1S/C13H23O8/c1-5-9-10(18-6-15-2)11(19-7-16-3)12(13(14)21-9)20-8-17-4/h5,10-14H,1,6-8H2,2-4H3/t10-,11+,12-,13?/m1/s1. The molecule has 21 heavy (non-hydrogen) atoms. The van der Waals surface area contributed by atoms with Gasteiger partial charge in [0.1, 0.15) is 38.7 Å². The molecule has 4 atom stereocenters. The Hall–Kier alpha value is -0.580. The summed E-state index contributed by atoms with van der Waals surface area (Å²) < 4.78 is 36.5. The molecule has 1 rings (SSSR count). The van der Waals surface area contributed by atoms with E-state index in [0.29, 0.717) is 6.10 Å². The first-order chi connectivity index (χ1) is 10.2. The van der Waals surface area contributed by atoms with Gasteiger partial charge in [0.05, 0.1) is 0 Å². The third-order valence-electron chi connectivity index (χ3n) is 2.76. The average Bonchev–Trinajstić information content (AvgIpc) is 2.50. The van der Waals surface area contributed by atoms with Crippen molar-refractivity contribution in [2.75, 3.05) is 41.7 Å². The molecule has 123 valence electrons. The molecule has 1 N–H and O–H groups in total. The first-order valence-corrected chi connectivity index (χ1v) is 6.35. The average molecular weight is 307 g/mol. The fourth-order valence-electron chi connectivity index (χ4n) is 1.91. The van der Waals surface area contributed by atoms with Gasteiger partial charge in [-0.15, -0.1) is 6.58 Å². The van der Waals surface area contributed by atoms with Gasteiger partial charge in [0.25, 0.3) is 0 Å². The minimum Gasteiger partial charge on any atom is -0.366 e. The maximum Gasteiger partial charge on any atom is 0.185 e. The number of hydrogen-bond acceptors (Lipinski definition) is 8. The summed E-state index contributed by atoms with van der Waals surface area (Å²) in [6, 6.07) is 0. The first kappa shape index (κ1) is 18.5. The van der Waals surface area contributed by atoms with Crippen molar-refractivity contribution < 1.29 is 38.3 Å². The molecule has 0 aliphatic carbocycles. The summed E-state index contributed by atoms with van der Waals surface area (Å²) in [5.74, 6) is 0. The minimum absolute atomic E-state index is 0.00148. The van der Waals surface area contributed by atoms with Crippen LogP contribution in [0.25, 0.3) is 0 Å². The summed E-state index contributed by atoms with van der Waals surface area (Å²) in [6.45, 7) is 3.62. The largest absolute Gasteiger partial charge is 0.366 e. The number of aliphatic hydroxyl groups is 1. The van der Waals surface area contributed by atoms with Crippen molar-refractivity contribution >= 4 is 0 Å². The van der Waals surface area contributed by atoms with Crippen LogP contribution in [0.4, 0.5) is 0 Å². The number of methoxy groups -OCH3 is 3. The summed E-state index contributed by atoms with van der Waals surface area (Å²) >= 11 is 0. The van der Waals surface area contributed by atoms with Gasteiger partial charge in [-0.2, -0.15) is 0 Å². The molecule has 0 bridgehead atoms. The fourth-order valence-corrected chi connectivity index (χ4v) is 1.91. The van der Waals surface area contributed by atoms with Crippen molar-refractivity contribution in [3.8, 4) is 0 Å². The second-order valence-corrected chi connectivity index (χ2v) is 4.18. The second kappa shape index (κ2) is 10.2. The van der Waals surface area contributed by atoms with Gasteiger partial charge in [-0.1, -0.05) is 6.08 Å². The molecular formula is C13H23O8. The lowest BCUT2D eigenvalue weighted by Gasteiger charge is -2.42. The normalized spacial score (nSPS) is 30.5. The highest BCUT2D eigenvalue weighted by molar-refractivity contribution is 5.12. The zero-order valence-corrected chi connectivity index (χ0v) is 12.5. The summed E-state index contributed by atoms with van der Waals surface area (Å²) in [5.41, 5.74) is 0. The molecule has 0 aromatic rings. The number of ether oxygens (including phenoxy) is 7. The molecule has 1 unspecified atom stereocenters. The van der Waals surface area contributed by atoms with Crippen molar-refractivity contribution in [1.82, 2.24) is 0 Å². The zero-order chi connectivity index (χ0) is 15.7. The van der Waals surface area contributed by atoms with Crippen LogP contribution in [0.5, 0.6) is 0 Å². The smallest absolute Gasteiger partial charge is 0.185 e. The van der Waals surface area contributed by atoms with Crippen LogP contribution in [-0.2, 0) is 33.2 Å². The van der Waals surface area contributed by atoms with Crippen molar-refractivity contribution in [2.45, 2.75) is 24.6 Å². The van der Waals surface area contributed by atoms with Crippen molar-refractivity contribution in [2.24, 2.45) is 0 Å². The van der Waals surface area contributed by atoms with E-state index >= 15 is 0 Å². The van der Waals surface area contributed by atoms with Crippen molar-refractivity contribution in [3.05, 3.63) is 18.8 Å². The van der Waals surface area contributed by atoms with Gasteiger partial charge in [0.15, 0.2) is 12.4 Å². The predicted octanol–water partition coefficient (Wildman–Crippen LogP) is 0.0203. The molecule has 8 nitrogen and oxygen atoms in total. The van der Waals surface area contributed by atoms with E-state index in [4.69, 9.17) is 33.2 Å². The van der Waals surface area contributed by atoms with Crippen LogP contribution < -0.4 is 0 Å². The lowest BCUT2D eigenvalue weighted by atomic mass is 9.98. The molecule has 1 aliphatic heterocycles. The van der Waals surface area contributed by atoms with Crippen LogP contribution in [0.1, 0.15) is 0 Å². The van der Waals surface area contributed by atoms with Gasteiger partial charge >= 0.3 is 0 Å². The second-order valence-electron chi connectivity index (χ2n) is 4.18. The van der Waals surface area contributed by atoms with E-state index in [1.165, 1.54) is 27.4 Å². The van der Waals surface area contributed by atoms with E-state index in [1.807, 2.05) is 0 Å². The van der Waals surface area contributed by atoms with Gasteiger partial charge < -0.3 is 38.3 Å². The van der Waals surface area contributed by atoms with E-state index in [9.17, 15) is 5.11 Å². The lowest BCUT2D eigenvalue weighted by Crippen LogP contribution is -2.57. The van der Waals surface area contributed by atoms with Crippen LogP contribution in [0.15, 0.2) is 12.7 Å². The molecule has 1 saturated heterocycles. The van der Waals surface area contributed by atoms with Gasteiger partial charge in [-0.05, 0) is 0 Å². The van der Waals surface area contributed by atoms with Crippen LogP contribution in [-0.4, -0.2) is 71.4 Å². The molecular weight excluding hydrogens is 284 g/mol. The molecule has 1 fully saturated rings. The van der Waals surface area contributed by atoms with Crippen molar-refractivity contribution in [3.63, 3.8) is 0 Å². The Morgan fingerprint density at radius 2 is 1.52 bits per heavy atom. The monoisotopic (exact) mass is 307 g/mol. The van der Waals surface area contributed by atoms with Gasteiger partial charge in [-0.25, -0.2) is 0 Å². The summed E-state index contributed by atoms with van der Waals surface area (Å²) in [7, 11) is 4.46. The first-order valence-electron chi connectivity index (χ1n) is 6.35. The number of rotatable bonds is 10. The van der Waals surface area contributed by atoms with Gasteiger partial charge in [0, 0.05) is 21.3 Å². The number of hydrogen-bond donors (Lipinski definition) is 1. The van der Waals surface area contributed by atoms with E-state index in [-0.39, 0.29) is 20.4 Å². The topological polar surface area (TPSA) is 84.8 Å². The summed E-state index contributed by atoms with van der Waals surface area (Å²) in [5, 5.41) is 10.0. The van der Waals surface area contributed by atoms with E-state index in [1.54, 1.807) is 0 Å². The zero-order valence-electron chi connectivity index (χ0n) is 12.5. The Bertz CT molecular complexity index is 287. The molecule has 1 radical (unpaired) electrons. The van der Waals surface area contributed by atoms with Gasteiger partial charge in [0.2, 0.25) is 0 Å². The maximum atomic E-state index is 10.0. The van der Waals surface area contributed by atoms with E-state index in [0.717, 1.165) is 0 Å². The van der Waals surface area contributed by atoms with E-state index in [2.05, 4.69) is 6.58 Å². The Morgan fingerprint density at radius 1 is 1.00 bits per heavy atom. The van der Waals surface area contributed by atoms with Crippen LogP contribution in [0, 0.1) is 6.10 Å². The third kappa shape index (κ3) is 5.28. The summed E-state index contributed by atoms with van der Waals surface area (Å²) in [4.78, 5) is 0. The van der Waals surface area contributed by atoms with Crippen LogP contribution >= 0.6 is 0 Å². The Labute approximate surface area is 124 Å². The van der Waals surface area contributed by atoms with Crippen LogP contribution in [0.2, 0.25) is 0 Å². The third-order valence-corrected chi connectivity index (χ3v) is 2.76. The van der Waals surface area contributed by atoms with Gasteiger partial charge in [-0.3, -0.25) is 0 Å². The molecule has 1 heterocycles. The van der Waals surface area contributed by atoms with Crippen LogP contribution in [0.3, 0.4) is 0 Å².